The summed E-state index contributed by atoms with van der Waals surface area (Å²) in [6, 6.07) is 4.26. The van der Waals surface area contributed by atoms with Crippen molar-refractivity contribution in [3.63, 3.8) is 0 Å². The van der Waals surface area contributed by atoms with Crippen molar-refractivity contribution in [3.05, 3.63) is 47.6 Å². The first kappa shape index (κ1) is 24.1. The van der Waals surface area contributed by atoms with Gasteiger partial charge in [-0.2, -0.15) is 10.2 Å². The Balaban J connectivity index is 1.77. The summed E-state index contributed by atoms with van der Waals surface area (Å²) < 4.78 is 12.4. The molecule has 3 heterocycles. The molecule has 0 aliphatic carbocycles. The van der Waals surface area contributed by atoms with Crippen molar-refractivity contribution in [2.75, 3.05) is 12.4 Å². The number of halogens is 1. The second-order valence-corrected chi connectivity index (χ2v) is 9.17. The fraction of sp³-hybridized carbons (Fsp3) is 0.304. The lowest BCUT2D eigenvalue weighted by Gasteiger charge is -2.22. The molecule has 1 unspecified atom stereocenters. The minimum Gasteiger partial charge on any atom is -0.496 e. The van der Waals surface area contributed by atoms with Gasteiger partial charge in [0.2, 0.25) is 0 Å². The fourth-order valence-electron chi connectivity index (χ4n) is 3.35. The highest BCUT2D eigenvalue weighted by Gasteiger charge is 2.27. The number of hydrogen-bond acceptors (Lipinski definition) is 8. The Bertz CT molecular complexity index is 1410. The molecule has 35 heavy (non-hydrogen) atoms. The van der Waals surface area contributed by atoms with E-state index in [9.17, 15) is 9.59 Å². The highest BCUT2D eigenvalue weighted by atomic mass is 35.5. The number of H-pyrrole nitrogens is 1. The largest absolute Gasteiger partial charge is 0.496 e. The van der Waals surface area contributed by atoms with Crippen LogP contribution >= 0.6 is 11.6 Å². The zero-order valence-electron chi connectivity index (χ0n) is 19.8. The van der Waals surface area contributed by atoms with Crippen LogP contribution in [-0.2, 0) is 9.53 Å². The van der Waals surface area contributed by atoms with Crippen molar-refractivity contribution in [3.8, 4) is 17.0 Å². The smallest absolute Gasteiger partial charge is 0.331 e. The highest BCUT2D eigenvalue weighted by Crippen LogP contribution is 2.37. The number of carbonyl (C=O) groups excluding carboxylic acids is 2. The minimum atomic E-state index is -0.775. The Morgan fingerprint density at radius 3 is 2.74 bits per heavy atom. The number of aromatic amines is 1. The molecule has 1 amide bonds. The number of anilines is 1. The number of aromatic nitrogens is 6. The van der Waals surface area contributed by atoms with Crippen LogP contribution in [0.25, 0.3) is 22.3 Å². The molecule has 0 aliphatic rings. The fourth-order valence-corrected chi connectivity index (χ4v) is 3.52. The highest BCUT2D eigenvalue weighted by molar-refractivity contribution is 6.31. The number of rotatable bonds is 6. The van der Waals surface area contributed by atoms with E-state index >= 15 is 0 Å². The number of benzene rings is 1. The molecule has 0 aliphatic heterocycles. The summed E-state index contributed by atoms with van der Waals surface area (Å²) in [6.45, 7) is 7.01. The van der Waals surface area contributed by atoms with Crippen molar-refractivity contribution in [1.82, 2.24) is 29.9 Å². The molecule has 3 aromatic heterocycles. The van der Waals surface area contributed by atoms with Gasteiger partial charge in [-0.15, -0.1) is 0 Å². The Morgan fingerprint density at radius 2 is 2.03 bits per heavy atom. The molecule has 12 heteroatoms. The number of fused-ring (bicyclic) bond motifs is 1. The second-order valence-electron chi connectivity index (χ2n) is 8.74. The van der Waals surface area contributed by atoms with Crippen molar-refractivity contribution >= 4 is 40.2 Å². The van der Waals surface area contributed by atoms with Gasteiger partial charge in [0.25, 0.3) is 5.91 Å². The number of hydrogen-bond donors (Lipinski definition) is 2. The Hall–Kier alpha value is -3.99. The zero-order chi connectivity index (χ0) is 25.3. The van der Waals surface area contributed by atoms with Crippen LogP contribution in [0.5, 0.6) is 5.75 Å². The molecular weight excluding hydrogens is 474 g/mol. The minimum absolute atomic E-state index is 0.0827. The average molecular weight is 498 g/mol. The molecule has 4 aromatic rings. The summed E-state index contributed by atoms with van der Waals surface area (Å²) in [5, 5.41) is 14.7. The molecule has 1 atom stereocenters. The molecule has 1 aromatic carbocycles. The predicted octanol–water partition coefficient (Wildman–Crippen LogP) is 4.03. The van der Waals surface area contributed by atoms with Crippen LogP contribution in [0.4, 0.5) is 5.69 Å². The van der Waals surface area contributed by atoms with E-state index in [-0.39, 0.29) is 5.69 Å². The summed E-state index contributed by atoms with van der Waals surface area (Å²) in [5.74, 6) is -0.517. The van der Waals surface area contributed by atoms with Crippen LogP contribution in [0, 0.1) is 0 Å². The van der Waals surface area contributed by atoms with E-state index in [0.29, 0.717) is 38.8 Å². The monoisotopic (exact) mass is 497 g/mol. The number of methoxy groups -OCH3 is 1. The van der Waals surface area contributed by atoms with Crippen molar-refractivity contribution in [2.24, 2.45) is 0 Å². The normalized spacial score (nSPS) is 12.4. The summed E-state index contributed by atoms with van der Waals surface area (Å²) >= 11 is 6.24. The molecule has 0 spiro atoms. The van der Waals surface area contributed by atoms with E-state index in [1.165, 1.54) is 24.3 Å². The lowest BCUT2D eigenvalue weighted by molar-refractivity contribution is -0.158. The topological polar surface area (TPSA) is 137 Å². The molecule has 4 rings (SSSR count). The number of carbonyl (C=O) groups is 2. The molecule has 182 valence electrons. The molecule has 0 saturated carbocycles. The molecule has 2 N–H and O–H groups in total. The third kappa shape index (κ3) is 5.09. The lowest BCUT2D eigenvalue weighted by Crippen LogP contribution is -2.29. The number of nitrogens with zero attached hydrogens (tertiary/aromatic N) is 5. The van der Waals surface area contributed by atoms with Gasteiger partial charge in [-0.3, -0.25) is 14.6 Å². The molecular formula is C23H24ClN7O4. The number of amides is 1. The molecule has 0 saturated heterocycles. The summed E-state index contributed by atoms with van der Waals surface area (Å²) in [5.41, 5.74) is 1.49. The Labute approximate surface area is 205 Å². The van der Waals surface area contributed by atoms with Crippen LogP contribution < -0.4 is 10.1 Å². The summed E-state index contributed by atoms with van der Waals surface area (Å²) in [7, 11) is 1.51. The van der Waals surface area contributed by atoms with Crippen molar-refractivity contribution in [2.45, 2.75) is 39.3 Å². The van der Waals surface area contributed by atoms with E-state index in [1.807, 2.05) is 0 Å². The van der Waals surface area contributed by atoms with Gasteiger partial charge in [-0.1, -0.05) is 11.6 Å². The van der Waals surface area contributed by atoms with Crippen molar-refractivity contribution in [1.29, 1.82) is 0 Å². The van der Waals surface area contributed by atoms with Gasteiger partial charge in [0.05, 0.1) is 25.2 Å². The Morgan fingerprint density at radius 1 is 1.26 bits per heavy atom. The van der Waals surface area contributed by atoms with Gasteiger partial charge in [0, 0.05) is 10.6 Å². The van der Waals surface area contributed by atoms with Gasteiger partial charge in [-0.25, -0.2) is 14.8 Å². The molecule has 0 bridgehead atoms. The number of ether oxygens (including phenoxy) is 2. The number of nitrogens with one attached hydrogen (secondary N) is 2. The lowest BCUT2D eigenvalue weighted by atomic mass is 10.1. The molecule has 0 fully saturated rings. The van der Waals surface area contributed by atoms with Gasteiger partial charge < -0.3 is 14.8 Å². The zero-order valence-corrected chi connectivity index (χ0v) is 20.5. The standard InChI is InChI=1S/C23H24ClN7O4/c1-12(22(33)35-23(2,3)4)31-10-16(18(30-31)14-8-13(24)6-7-17(14)34-5)27-21(32)20-19-15(28-29-20)9-25-11-26-19/h6-12H,1-5H3,(H,27,32)(H,28,29). The average Bonchev–Trinajstić information content (AvgIpc) is 3.42. The summed E-state index contributed by atoms with van der Waals surface area (Å²) in [4.78, 5) is 33.9. The summed E-state index contributed by atoms with van der Waals surface area (Å²) in [6.07, 6.45) is 4.40. The quantitative estimate of drug-likeness (QED) is 0.381. The van der Waals surface area contributed by atoms with E-state index in [0.717, 1.165) is 0 Å². The van der Waals surface area contributed by atoms with E-state index in [1.54, 1.807) is 52.1 Å². The van der Waals surface area contributed by atoms with Gasteiger partial charge in [-0.05, 0) is 45.9 Å². The van der Waals surface area contributed by atoms with Gasteiger partial charge in [0.1, 0.15) is 40.4 Å². The second kappa shape index (κ2) is 9.34. The maximum absolute atomic E-state index is 13.2. The van der Waals surface area contributed by atoms with E-state index in [2.05, 4.69) is 30.6 Å². The third-order valence-corrected chi connectivity index (χ3v) is 5.22. The first-order valence-electron chi connectivity index (χ1n) is 10.7. The van der Waals surface area contributed by atoms with Crippen LogP contribution in [0.2, 0.25) is 5.02 Å². The van der Waals surface area contributed by atoms with Crippen LogP contribution in [-0.4, -0.2) is 54.5 Å². The van der Waals surface area contributed by atoms with Crippen LogP contribution in [0.15, 0.2) is 36.9 Å². The first-order chi connectivity index (χ1) is 16.6. The molecule has 11 nitrogen and oxygen atoms in total. The Kier molecular flexibility index (Phi) is 6.44. The van der Waals surface area contributed by atoms with Crippen LogP contribution in [0.1, 0.15) is 44.2 Å². The van der Waals surface area contributed by atoms with Crippen molar-refractivity contribution < 1.29 is 19.1 Å². The first-order valence-corrected chi connectivity index (χ1v) is 11.1. The predicted molar refractivity (Wildman–Crippen MR) is 129 cm³/mol. The van der Waals surface area contributed by atoms with E-state index in [4.69, 9.17) is 21.1 Å². The van der Waals surface area contributed by atoms with Gasteiger partial charge >= 0.3 is 5.97 Å². The van der Waals surface area contributed by atoms with Gasteiger partial charge in [0.15, 0.2) is 5.69 Å². The maximum Gasteiger partial charge on any atom is 0.331 e. The molecule has 0 radical (unpaired) electrons. The SMILES string of the molecule is COc1ccc(Cl)cc1-c1nn(C(C)C(=O)OC(C)(C)C)cc1NC(=O)c1n[nH]c2cncnc12. The van der Waals surface area contributed by atoms with Crippen LogP contribution in [0.3, 0.4) is 0 Å². The third-order valence-electron chi connectivity index (χ3n) is 4.98. The maximum atomic E-state index is 13.2. The van der Waals surface area contributed by atoms with E-state index < -0.39 is 23.5 Å². The number of esters is 1.